The summed E-state index contributed by atoms with van der Waals surface area (Å²) in [6.45, 7) is 5.65. The summed E-state index contributed by atoms with van der Waals surface area (Å²) in [5.41, 5.74) is 4.73. The summed E-state index contributed by atoms with van der Waals surface area (Å²) in [7, 11) is -4.01. The van der Waals surface area contributed by atoms with Crippen molar-refractivity contribution in [2.75, 3.05) is 11.3 Å². The Hall–Kier alpha value is -4.77. The van der Waals surface area contributed by atoms with Crippen LogP contribution in [0.1, 0.15) is 22.3 Å². The summed E-state index contributed by atoms with van der Waals surface area (Å²) in [6, 6.07) is 22.1. The first kappa shape index (κ1) is 29.2. The van der Waals surface area contributed by atoms with Gasteiger partial charge in [-0.05, 0) is 55.2 Å². The molecule has 3 aromatic carbocycles. The maximum atomic E-state index is 13.1. The molecule has 2 amide bonds. The van der Waals surface area contributed by atoms with Crippen LogP contribution in [0.2, 0.25) is 0 Å². The first-order chi connectivity index (χ1) is 19.7. The number of carbonyl (C=O) groups is 2. The molecule has 3 N–H and O–H groups in total. The zero-order valence-electron chi connectivity index (χ0n) is 22.9. The van der Waals surface area contributed by atoms with E-state index in [1.807, 2.05) is 62.4 Å². The van der Waals surface area contributed by atoms with E-state index >= 15 is 0 Å². The number of nitrogens with zero attached hydrogens (tertiary/aromatic N) is 2. The summed E-state index contributed by atoms with van der Waals surface area (Å²) in [5, 5.41) is 5.23. The molecule has 41 heavy (non-hydrogen) atoms. The highest BCUT2D eigenvalue weighted by Crippen LogP contribution is 2.29. The quantitative estimate of drug-likeness (QED) is 0.220. The van der Waals surface area contributed by atoms with Crippen molar-refractivity contribution in [2.45, 2.75) is 38.3 Å². The standard InChI is InChI=1S/C30H31N5O5S/c1-20-9-7-14-24(15-20)41(38,39)35-30-33-25(28-21(2)10-8-11-22(28)3)16-27(34-30)40-18-26(32-19-36)29(37)31-17-23-12-5-4-6-13-23/h4-16,19,26H,17-18H2,1-3H3,(H,31,37)(H,32,36)(H,33,34,35). The fraction of sp³-hybridized carbons (Fsp3) is 0.200. The van der Waals surface area contributed by atoms with Crippen molar-refractivity contribution < 1.29 is 22.7 Å². The second kappa shape index (κ2) is 13.1. The maximum absolute atomic E-state index is 13.1. The Bertz CT molecular complexity index is 1620. The number of carbonyl (C=O) groups excluding carboxylic acids is 2. The molecule has 1 atom stereocenters. The van der Waals surface area contributed by atoms with Crippen LogP contribution in [-0.4, -0.2) is 43.4 Å². The van der Waals surface area contributed by atoms with Crippen LogP contribution in [-0.2, 0) is 26.2 Å². The van der Waals surface area contributed by atoms with Crippen LogP contribution < -0.4 is 20.1 Å². The number of anilines is 1. The molecule has 0 fully saturated rings. The van der Waals surface area contributed by atoms with E-state index in [0.29, 0.717) is 12.1 Å². The number of amides is 2. The summed E-state index contributed by atoms with van der Waals surface area (Å²) >= 11 is 0. The minimum atomic E-state index is -4.01. The van der Waals surface area contributed by atoms with Crippen LogP contribution in [0, 0.1) is 20.8 Å². The maximum Gasteiger partial charge on any atom is 0.264 e. The average molecular weight is 574 g/mol. The molecule has 4 rings (SSSR count). The summed E-state index contributed by atoms with van der Waals surface area (Å²) in [4.78, 5) is 32.9. The number of aryl methyl sites for hydroxylation is 3. The molecule has 10 nitrogen and oxygen atoms in total. The van der Waals surface area contributed by atoms with Gasteiger partial charge in [-0.25, -0.2) is 18.1 Å². The first-order valence-corrected chi connectivity index (χ1v) is 14.3. The third kappa shape index (κ3) is 7.67. The molecule has 1 aromatic heterocycles. The van der Waals surface area contributed by atoms with Crippen molar-refractivity contribution >= 4 is 28.3 Å². The van der Waals surface area contributed by atoms with Gasteiger partial charge in [0, 0.05) is 18.2 Å². The van der Waals surface area contributed by atoms with Crippen molar-refractivity contribution in [3.05, 3.63) is 101 Å². The van der Waals surface area contributed by atoms with E-state index in [-0.39, 0.29) is 29.9 Å². The minimum Gasteiger partial charge on any atom is -0.475 e. The Labute approximate surface area is 239 Å². The Balaban J connectivity index is 1.62. The van der Waals surface area contributed by atoms with Gasteiger partial charge in [0.1, 0.15) is 12.6 Å². The Kier molecular flexibility index (Phi) is 9.30. The number of nitrogens with one attached hydrogen (secondary N) is 3. The van der Waals surface area contributed by atoms with Crippen molar-refractivity contribution in [3.8, 4) is 17.1 Å². The van der Waals surface area contributed by atoms with Gasteiger partial charge in [0.05, 0.1) is 10.6 Å². The molecule has 0 aliphatic carbocycles. The molecule has 1 heterocycles. The Morgan fingerprint density at radius 2 is 1.63 bits per heavy atom. The third-order valence-electron chi connectivity index (χ3n) is 6.26. The van der Waals surface area contributed by atoms with Crippen LogP contribution in [0.3, 0.4) is 0 Å². The number of rotatable bonds is 12. The molecule has 0 radical (unpaired) electrons. The molecule has 0 bridgehead atoms. The van der Waals surface area contributed by atoms with Crippen molar-refractivity contribution in [1.82, 2.24) is 20.6 Å². The van der Waals surface area contributed by atoms with E-state index in [1.54, 1.807) is 31.2 Å². The summed E-state index contributed by atoms with van der Waals surface area (Å²) in [6.07, 6.45) is 0.416. The van der Waals surface area contributed by atoms with Crippen LogP contribution in [0.15, 0.2) is 83.8 Å². The lowest BCUT2D eigenvalue weighted by molar-refractivity contribution is -0.126. The number of hydrogen-bond acceptors (Lipinski definition) is 7. The van der Waals surface area contributed by atoms with E-state index in [1.165, 1.54) is 6.07 Å². The van der Waals surface area contributed by atoms with Crippen molar-refractivity contribution in [1.29, 1.82) is 0 Å². The molecular formula is C30H31N5O5S. The van der Waals surface area contributed by atoms with E-state index < -0.39 is 22.0 Å². The van der Waals surface area contributed by atoms with E-state index in [0.717, 1.165) is 27.8 Å². The lowest BCUT2D eigenvalue weighted by atomic mass is 10.00. The molecule has 11 heteroatoms. The number of sulfonamides is 1. The van der Waals surface area contributed by atoms with E-state index in [2.05, 4.69) is 25.3 Å². The molecule has 0 spiro atoms. The average Bonchev–Trinajstić information content (AvgIpc) is 2.94. The van der Waals surface area contributed by atoms with Gasteiger partial charge >= 0.3 is 0 Å². The van der Waals surface area contributed by atoms with E-state index in [9.17, 15) is 18.0 Å². The van der Waals surface area contributed by atoms with Crippen LogP contribution in [0.25, 0.3) is 11.3 Å². The van der Waals surface area contributed by atoms with Gasteiger partial charge < -0.3 is 15.4 Å². The smallest absolute Gasteiger partial charge is 0.264 e. The molecule has 0 saturated heterocycles. The molecule has 0 aliphatic rings. The number of ether oxygens (including phenoxy) is 1. The van der Waals surface area contributed by atoms with Crippen LogP contribution >= 0.6 is 0 Å². The normalized spacial score (nSPS) is 11.8. The lowest BCUT2D eigenvalue weighted by Gasteiger charge is -2.18. The number of aromatic nitrogens is 2. The fourth-order valence-corrected chi connectivity index (χ4v) is 5.26. The SMILES string of the molecule is Cc1cccc(S(=O)(=O)Nc2nc(OCC(NC=O)C(=O)NCc3ccccc3)cc(-c3c(C)cccc3C)n2)c1. The summed E-state index contributed by atoms with van der Waals surface area (Å²) < 4.78 is 34.6. The van der Waals surface area contributed by atoms with Gasteiger partial charge in [0.2, 0.25) is 24.1 Å². The van der Waals surface area contributed by atoms with Gasteiger partial charge in [-0.1, -0.05) is 60.7 Å². The van der Waals surface area contributed by atoms with Gasteiger partial charge in [0.15, 0.2) is 0 Å². The van der Waals surface area contributed by atoms with Gasteiger partial charge in [-0.2, -0.15) is 4.98 Å². The molecule has 1 unspecified atom stereocenters. The minimum absolute atomic E-state index is 0.0214. The molecule has 212 valence electrons. The zero-order chi connectivity index (χ0) is 29.4. The second-order valence-electron chi connectivity index (χ2n) is 9.46. The number of hydrogen-bond donors (Lipinski definition) is 3. The fourth-order valence-electron chi connectivity index (χ4n) is 4.21. The largest absolute Gasteiger partial charge is 0.475 e. The van der Waals surface area contributed by atoms with Gasteiger partial charge in [0.25, 0.3) is 10.0 Å². The highest BCUT2D eigenvalue weighted by atomic mass is 32.2. The Morgan fingerprint density at radius 3 is 2.32 bits per heavy atom. The molecule has 0 saturated carbocycles. The second-order valence-corrected chi connectivity index (χ2v) is 11.1. The third-order valence-corrected chi connectivity index (χ3v) is 7.58. The van der Waals surface area contributed by atoms with Crippen LogP contribution in [0.5, 0.6) is 5.88 Å². The Morgan fingerprint density at radius 1 is 0.927 bits per heavy atom. The predicted octanol–water partition coefficient (Wildman–Crippen LogP) is 3.68. The van der Waals surface area contributed by atoms with Crippen molar-refractivity contribution in [2.24, 2.45) is 0 Å². The highest BCUT2D eigenvalue weighted by Gasteiger charge is 2.22. The monoisotopic (exact) mass is 573 g/mol. The predicted molar refractivity (Wildman–Crippen MR) is 156 cm³/mol. The van der Waals surface area contributed by atoms with Gasteiger partial charge in [-0.15, -0.1) is 0 Å². The topological polar surface area (TPSA) is 139 Å². The number of benzene rings is 3. The molecule has 4 aromatic rings. The highest BCUT2D eigenvalue weighted by molar-refractivity contribution is 7.92. The summed E-state index contributed by atoms with van der Waals surface area (Å²) in [5.74, 6) is -0.631. The first-order valence-electron chi connectivity index (χ1n) is 12.9. The van der Waals surface area contributed by atoms with Crippen LogP contribution in [0.4, 0.5) is 5.95 Å². The zero-order valence-corrected chi connectivity index (χ0v) is 23.7. The lowest BCUT2D eigenvalue weighted by Crippen LogP contribution is -2.47. The molecule has 0 aliphatic heterocycles. The van der Waals surface area contributed by atoms with E-state index in [4.69, 9.17) is 4.74 Å². The van der Waals surface area contributed by atoms with Gasteiger partial charge in [-0.3, -0.25) is 9.59 Å². The van der Waals surface area contributed by atoms with Crippen molar-refractivity contribution in [3.63, 3.8) is 0 Å². The molecular weight excluding hydrogens is 542 g/mol.